The first kappa shape index (κ1) is 20.1. The highest BCUT2D eigenvalue weighted by Gasteiger charge is 2.31. The first-order chi connectivity index (χ1) is 13.5. The van der Waals surface area contributed by atoms with Gasteiger partial charge in [-0.2, -0.15) is 13.2 Å². The normalized spacial score (nSPS) is 11.5. The number of primary amides is 1. The van der Waals surface area contributed by atoms with Gasteiger partial charge in [0.1, 0.15) is 5.75 Å². The van der Waals surface area contributed by atoms with Crippen LogP contribution in [0.2, 0.25) is 0 Å². The minimum atomic E-state index is -4.57. The smallest absolute Gasteiger partial charge is 0.416 e. The average Bonchev–Trinajstić information content (AvgIpc) is 2.65. The number of nitrogens with zero attached hydrogens (tertiary/aromatic N) is 2. The summed E-state index contributed by atoms with van der Waals surface area (Å²) in [5, 5.41) is 10.1. The van der Waals surface area contributed by atoms with Gasteiger partial charge in [0.25, 0.3) is 5.91 Å². The van der Waals surface area contributed by atoms with E-state index in [4.69, 9.17) is 11.5 Å². The minimum absolute atomic E-state index is 0.00109. The molecule has 29 heavy (non-hydrogen) atoms. The van der Waals surface area contributed by atoms with Crippen molar-refractivity contribution in [2.45, 2.75) is 20.0 Å². The second kappa shape index (κ2) is 7.08. The van der Waals surface area contributed by atoms with E-state index < -0.39 is 17.6 Å². The van der Waals surface area contributed by atoms with E-state index in [0.29, 0.717) is 16.7 Å². The van der Waals surface area contributed by atoms with Crippen molar-refractivity contribution in [3.63, 3.8) is 0 Å². The van der Waals surface area contributed by atoms with Gasteiger partial charge in [-0.25, -0.2) is 4.98 Å². The van der Waals surface area contributed by atoms with Crippen LogP contribution < -0.4 is 11.5 Å². The lowest BCUT2D eigenvalue weighted by Crippen LogP contribution is -2.17. The second-order valence-electron chi connectivity index (χ2n) is 6.51. The summed E-state index contributed by atoms with van der Waals surface area (Å²) in [6.45, 7) is 3.43. The molecule has 6 nitrogen and oxygen atoms in total. The zero-order valence-corrected chi connectivity index (χ0v) is 15.5. The van der Waals surface area contributed by atoms with Crippen molar-refractivity contribution in [1.29, 1.82) is 0 Å². The number of hydrogen-bond donors (Lipinski definition) is 3. The van der Waals surface area contributed by atoms with E-state index in [1.165, 1.54) is 12.1 Å². The van der Waals surface area contributed by atoms with E-state index in [9.17, 15) is 23.1 Å². The predicted molar refractivity (Wildman–Crippen MR) is 102 cm³/mol. The van der Waals surface area contributed by atoms with E-state index in [1.54, 1.807) is 19.9 Å². The molecule has 0 atom stereocenters. The van der Waals surface area contributed by atoms with Gasteiger partial charge in [0.05, 0.1) is 22.6 Å². The summed E-state index contributed by atoms with van der Waals surface area (Å²) >= 11 is 0. The molecule has 0 spiro atoms. The fourth-order valence-electron chi connectivity index (χ4n) is 3.08. The van der Waals surface area contributed by atoms with Crippen LogP contribution in [0.5, 0.6) is 5.75 Å². The molecule has 0 saturated heterocycles. The Bertz CT molecular complexity index is 1130. The SMILES string of the molecule is Cc1ccc(O)c(C)c1-c1cc(-c2cc(C(F)(F)F)ccn2)nc(C(N)=O)c1N. The molecule has 0 saturated carbocycles. The number of phenolic OH excluding ortho intramolecular Hbond substituents is 1. The number of benzene rings is 1. The van der Waals surface area contributed by atoms with Gasteiger partial charge in [0, 0.05) is 11.8 Å². The van der Waals surface area contributed by atoms with Gasteiger partial charge in [-0.15, -0.1) is 0 Å². The van der Waals surface area contributed by atoms with E-state index in [1.807, 2.05) is 0 Å². The van der Waals surface area contributed by atoms with Gasteiger partial charge in [-0.1, -0.05) is 6.07 Å². The van der Waals surface area contributed by atoms with Crippen molar-refractivity contribution < 1.29 is 23.1 Å². The second-order valence-corrected chi connectivity index (χ2v) is 6.51. The Morgan fingerprint density at radius 1 is 1.10 bits per heavy atom. The highest BCUT2D eigenvalue weighted by atomic mass is 19.4. The molecule has 0 unspecified atom stereocenters. The third-order valence-electron chi connectivity index (χ3n) is 4.56. The van der Waals surface area contributed by atoms with Crippen LogP contribution in [0.3, 0.4) is 0 Å². The number of alkyl halides is 3. The number of halogens is 3. The first-order valence-corrected chi connectivity index (χ1v) is 8.44. The van der Waals surface area contributed by atoms with Crippen LogP contribution >= 0.6 is 0 Å². The zero-order chi connectivity index (χ0) is 21.5. The summed E-state index contributed by atoms with van der Waals surface area (Å²) in [4.78, 5) is 19.9. The van der Waals surface area contributed by atoms with Gasteiger partial charge < -0.3 is 16.6 Å². The number of carbonyl (C=O) groups excluding carboxylic acids is 1. The quantitative estimate of drug-likeness (QED) is 0.616. The summed E-state index contributed by atoms with van der Waals surface area (Å²) in [6, 6.07) is 6.26. The largest absolute Gasteiger partial charge is 0.508 e. The number of carbonyl (C=O) groups is 1. The number of amides is 1. The standard InChI is InChI=1S/C20H17F3N4O2/c1-9-3-4-15(28)10(2)16(9)12-8-14(27-18(17(12)24)19(25)29)13-7-11(5-6-26-13)20(21,22)23/h3-8,28H,24H2,1-2H3,(H2,25,29). The van der Waals surface area contributed by atoms with Gasteiger partial charge in [-0.05, 0) is 54.8 Å². The monoisotopic (exact) mass is 402 g/mol. The Morgan fingerprint density at radius 3 is 2.41 bits per heavy atom. The highest BCUT2D eigenvalue weighted by Crippen LogP contribution is 2.39. The van der Waals surface area contributed by atoms with Gasteiger partial charge >= 0.3 is 6.18 Å². The molecular weight excluding hydrogens is 385 g/mol. The Kier molecular flexibility index (Phi) is 4.91. The van der Waals surface area contributed by atoms with Crippen molar-refractivity contribution in [2.24, 2.45) is 5.73 Å². The molecule has 2 heterocycles. The van der Waals surface area contributed by atoms with Gasteiger partial charge in [0.2, 0.25) is 0 Å². The Hall–Kier alpha value is -3.62. The number of aromatic nitrogens is 2. The van der Waals surface area contributed by atoms with E-state index in [0.717, 1.165) is 23.9 Å². The number of phenols is 1. The number of nitrogen functional groups attached to an aromatic ring is 1. The molecule has 0 fully saturated rings. The molecule has 1 amide bonds. The number of rotatable bonds is 3. The number of aryl methyl sites for hydroxylation is 1. The van der Waals surface area contributed by atoms with Crippen molar-refractivity contribution in [2.75, 3.05) is 5.73 Å². The topological polar surface area (TPSA) is 115 Å². The van der Waals surface area contributed by atoms with Gasteiger partial charge in [0.15, 0.2) is 5.69 Å². The van der Waals surface area contributed by atoms with E-state index >= 15 is 0 Å². The lowest BCUT2D eigenvalue weighted by molar-refractivity contribution is -0.137. The Morgan fingerprint density at radius 2 is 1.79 bits per heavy atom. The molecule has 0 aliphatic carbocycles. The molecule has 9 heteroatoms. The fourth-order valence-corrected chi connectivity index (χ4v) is 3.08. The maximum Gasteiger partial charge on any atom is 0.416 e. The number of hydrogen-bond acceptors (Lipinski definition) is 5. The van der Waals surface area contributed by atoms with E-state index in [2.05, 4.69) is 9.97 Å². The van der Waals surface area contributed by atoms with Crippen LogP contribution in [-0.2, 0) is 6.18 Å². The van der Waals surface area contributed by atoms with E-state index in [-0.39, 0.29) is 28.5 Å². The van der Waals surface area contributed by atoms with Crippen LogP contribution in [0.4, 0.5) is 18.9 Å². The first-order valence-electron chi connectivity index (χ1n) is 8.44. The average molecular weight is 402 g/mol. The molecule has 0 aliphatic rings. The molecular formula is C20H17F3N4O2. The Balaban J connectivity index is 2.33. The maximum absolute atomic E-state index is 13.1. The zero-order valence-electron chi connectivity index (χ0n) is 15.5. The van der Waals surface area contributed by atoms with Crippen molar-refractivity contribution >= 4 is 11.6 Å². The van der Waals surface area contributed by atoms with Crippen LogP contribution in [0, 0.1) is 13.8 Å². The number of nitrogens with two attached hydrogens (primary N) is 2. The summed E-state index contributed by atoms with van der Waals surface area (Å²) in [5.41, 5.74) is 12.2. The van der Waals surface area contributed by atoms with Crippen LogP contribution in [0.1, 0.15) is 27.2 Å². The molecule has 0 radical (unpaired) electrons. The summed E-state index contributed by atoms with van der Waals surface area (Å²) < 4.78 is 39.2. The summed E-state index contributed by atoms with van der Waals surface area (Å²) in [7, 11) is 0. The third-order valence-corrected chi connectivity index (χ3v) is 4.56. The van der Waals surface area contributed by atoms with Crippen LogP contribution in [-0.4, -0.2) is 21.0 Å². The molecule has 0 bridgehead atoms. The number of pyridine rings is 2. The number of anilines is 1. The highest BCUT2D eigenvalue weighted by molar-refractivity contribution is 6.01. The minimum Gasteiger partial charge on any atom is -0.508 e. The molecule has 2 aromatic heterocycles. The summed E-state index contributed by atoms with van der Waals surface area (Å²) in [6.07, 6.45) is -3.57. The molecule has 5 N–H and O–H groups in total. The maximum atomic E-state index is 13.1. The van der Waals surface area contributed by atoms with Crippen LogP contribution in [0.25, 0.3) is 22.5 Å². The lowest BCUT2D eigenvalue weighted by atomic mass is 9.92. The lowest BCUT2D eigenvalue weighted by Gasteiger charge is -2.17. The molecule has 150 valence electrons. The fraction of sp³-hybridized carbons (Fsp3) is 0.150. The predicted octanol–water partition coefficient (Wildman–Crippen LogP) is 3.83. The molecule has 1 aromatic carbocycles. The van der Waals surface area contributed by atoms with Crippen molar-refractivity contribution in [3.05, 3.63) is 58.9 Å². The van der Waals surface area contributed by atoms with Gasteiger partial charge in [-0.3, -0.25) is 9.78 Å². The Labute approximate surface area is 164 Å². The summed E-state index contributed by atoms with van der Waals surface area (Å²) in [5.74, 6) is -0.936. The van der Waals surface area contributed by atoms with Crippen molar-refractivity contribution in [1.82, 2.24) is 9.97 Å². The molecule has 3 aromatic rings. The van der Waals surface area contributed by atoms with Crippen LogP contribution in [0.15, 0.2) is 36.5 Å². The molecule has 3 rings (SSSR count). The number of aromatic hydroxyl groups is 1. The molecule has 0 aliphatic heterocycles. The third kappa shape index (κ3) is 3.71. The van der Waals surface area contributed by atoms with Crippen molar-refractivity contribution in [3.8, 4) is 28.3 Å².